The van der Waals surface area contributed by atoms with Crippen molar-refractivity contribution < 1.29 is 19.1 Å². The van der Waals surface area contributed by atoms with E-state index < -0.39 is 0 Å². The number of nitrogens with one attached hydrogen (secondary N) is 1. The van der Waals surface area contributed by atoms with Gasteiger partial charge in [0.2, 0.25) is 5.91 Å². The fourth-order valence-corrected chi connectivity index (χ4v) is 3.51. The number of carbonyl (C=O) groups excluding carboxylic acids is 2. The molecule has 0 aromatic heterocycles. The van der Waals surface area contributed by atoms with Gasteiger partial charge in [-0.25, -0.2) is 0 Å². The third-order valence-corrected chi connectivity index (χ3v) is 5.41. The summed E-state index contributed by atoms with van der Waals surface area (Å²) in [6.07, 6.45) is 3.44. The molecule has 1 aliphatic heterocycles. The van der Waals surface area contributed by atoms with Crippen LogP contribution >= 0.6 is 0 Å². The van der Waals surface area contributed by atoms with Crippen LogP contribution in [0.15, 0.2) is 48.5 Å². The molecule has 0 unspecified atom stereocenters. The summed E-state index contributed by atoms with van der Waals surface area (Å²) >= 11 is 0. The number of methoxy groups -OCH3 is 1. The summed E-state index contributed by atoms with van der Waals surface area (Å²) < 4.78 is 11.2. The first-order valence-electron chi connectivity index (χ1n) is 10.1. The molecule has 1 heterocycles. The van der Waals surface area contributed by atoms with Crippen LogP contribution in [0.4, 0.5) is 5.69 Å². The van der Waals surface area contributed by atoms with E-state index in [1.54, 1.807) is 30.2 Å². The predicted octanol–water partition coefficient (Wildman–Crippen LogP) is 3.41. The van der Waals surface area contributed by atoms with Crippen molar-refractivity contribution in [3.05, 3.63) is 54.1 Å². The van der Waals surface area contributed by atoms with Crippen LogP contribution in [0.5, 0.6) is 11.5 Å². The van der Waals surface area contributed by atoms with E-state index in [2.05, 4.69) is 5.32 Å². The lowest BCUT2D eigenvalue weighted by atomic mass is 10.0. The zero-order valence-corrected chi connectivity index (χ0v) is 16.6. The van der Waals surface area contributed by atoms with Gasteiger partial charge in [0, 0.05) is 30.3 Å². The second-order valence-corrected chi connectivity index (χ2v) is 7.67. The molecule has 2 fully saturated rings. The molecule has 6 heteroatoms. The highest BCUT2D eigenvalue weighted by Gasteiger charge is 2.28. The Balaban J connectivity index is 1.43. The molecule has 2 aliphatic rings. The molecule has 0 spiro atoms. The van der Waals surface area contributed by atoms with Gasteiger partial charge >= 0.3 is 0 Å². The summed E-state index contributed by atoms with van der Waals surface area (Å²) in [6.45, 7) is 1.12. The second-order valence-electron chi connectivity index (χ2n) is 7.67. The Kier molecular flexibility index (Phi) is 5.69. The average molecular weight is 394 g/mol. The van der Waals surface area contributed by atoms with Gasteiger partial charge in [0.1, 0.15) is 0 Å². The zero-order valence-electron chi connectivity index (χ0n) is 16.6. The van der Waals surface area contributed by atoms with Gasteiger partial charge in [-0.1, -0.05) is 18.2 Å². The van der Waals surface area contributed by atoms with Crippen LogP contribution in [-0.4, -0.2) is 38.1 Å². The minimum atomic E-state index is -0.170. The lowest BCUT2D eigenvalue weighted by Gasteiger charge is -2.33. The van der Waals surface area contributed by atoms with Crippen LogP contribution in [-0.2, 0) is 4.79 Å². The van der Waals surface area contributed by atoms with Crippen LogP contribution in [0.1, 0.15) is 36.0 Å². The number of anilines is 1. The number of rotatable bonds is 7. The maximum absolute atomic E-state index is 12.8. The van der Waals surface area contributed by atoms with E-state index in [0.717, 1.165) is 5.69 Å². The Morgan fingerprint density at radius 3 is 2.62 bits per heavy atom. The van der Waals surface area contributed by atoms with Gasteiger partial charge in [-0.15, -0.1) is 0 Å². The van der Waals surface area contributed by atoms with Crippen molar-refractivity contribution in [2.45, 2.75) is 31.7 Å². The average Bonchev–Trinajstić information content (AvgIpc) is 3.58. The smallest absolute Gasteiger partial charge is 0.251 e. The summed E-state index contributed by atoms with van der Waals surface area (Å²) in [5, 5.41) is 3.07. The van der Waals surface area contributed by atoms with E-state index in [9.17, 15) is 9.59 Å². The van der Waals surface area contributed by atoms with Crippen molar-refractivity contribution in [1.82, 2.24) is 5.32 Å². The van der Waals surface area contributed by atoms with Crippen molar-refractivity contribution in [2.75, 3.05) is 25.2 Å². The number of amides is 2. The van der Waals surface area contributed by atoms with E-state index in [-0.39, 0.29) is 17.9 Å². The van der Waals surface area contributed by atoms with Gasteiger partial charge in [0.05, 0.1) is 13.7 Å². The first kappa shape index (κ1) is 19.3. The van der Waals surface area contributed by atoms with Crippen LogP contribution in [0.3, 0.4) is 0 Å². The van der Waals surface area contributed by atoms with Crippen LogP contribution in [0.25, 0.3) is 0 Å². The van der Waals surface area contributed by atoms with Gasteiger partial charge < -0.3 is 19.7 Å². The summed E-state index contributed by atoms with van der Waals surface area (Å²) in [6, 6.07) is 14.7. The van der Waals surface area contributed by atoms with Gasteiger partial charge in [0.25, 0.3) is 5.91 Å². The van der Waals surface area contributed by atoms with E-state index >= 15 is 0 Å². The van der Waals surface area contributed by atoms with E-state index in [0.29, 0.717) is 49.0 Å². The van der Waals surface area contributed by atoms with Crippen LogP contribution in [0, 0.1) is 5.92 Å². The number of benzene rings is 2. The van der Waals surface area contributed by atoms with Crippen molar-refractivity contribution in [2.24, 2.45) is 5.92 Å². The van der Waals surface area contributed by atoms with Gasteiger partial charge in [0.15, 0.2) is 11.5 Å². The fraction of sp³-hybridized carbons (Fsp3) is 0.391. The fourth-order valence-electron chi connectivity index (χ4n) is 3.51. The molecule has 29 heavy (non-hydrogen) atoms. The Morgan fingerprint density at radius 2 is 1.90 bits per heavy atom. The third-order valence-electron chi connectivity index (χ3n) is 5.41. The molecule has 2 aromatic rings. The van der Waals surface area contributed by atoms with Crippen molar-refractivity contribution in [3.63, 3.8) is 0 Å². The number of ether oxygens (including phenoxy) is 2. The number of hydrogen-bond acceptors (Lipinski definition) is 4. The highest BCUT2D eigenvalue weighted by molar-refractivity contribution is 5.97. The maximum Gasteiger partial charge on any atom is 0.251 e. The summed E-state index contributed by atoms with van der Waals surface area (Å²) in [5.74, 6) is 1.75. The van der Waals surface area contributed by atoms with Gasteiger partial charge in [-0.05, 0) is 55.5 Å². The molecule has 1 aliphatic carbocycles. The molecule has 2 amide bonds. The predicted molar refractivity (Wildman–Crippen MR) is 110 cm³/mol. The van der Waals surface area contributed by atoms with Crippen molar-refractivity contribution in [1.29, 1.82) is 0 Å². The number of nitrogens with zero attached hydrogens (tertiary/aromatic N) is 1. The molecule has 152 valence electrons. The topological polar surface area (TPSA) is 67.9 Å². The van der Waals surface area contributed by atoms with Crippen molar-refractivity contribution in [3.8, 4) is 11.5 Å². The monoisotopic (exact) mass is 394 g/mol. The molecule has 1 saturated carbocycles. The quantitative estimate of drug-likeness (QED) is 0.782. The molecule has 1 N–H and O–H groups in total. The standard InChI is InChI=1S/C23H26N2O4/c1-28-20-11-9-17(13-21(20)29-15-16-7-8-16)23(27)24-18-10-12-22(26)25(14-18)19-5-3-2-4-6-19/h2-6,9,11,13,16,18H,7-8,10,12,14-15H2,1H3,(H,24,27)/t18-/m0/s1. The first-order valence-corrected chi connectivity index (χ1v) is 10.1. The molecule has 2 aromatic carbocycles. The Morgan fingerprint density at radius 1 is 1.10 bits per heavy atom. The number of carbonyl (C=O) groups is 2. The summed E-state index contributed by atoms with van der Waals surface area (Å²) in [4.78, 5) is 26.9. The lowest BCUT2D eigenvalue weighted by Crippen LogP contribution is -2.50. The number of piperidine rings is 1. The number of hydrogen-bond donors (Lipinski definition) is 1. The van der Waals surface area contributed by atoms with Crippen LogP contribution in [0.2, 0.25) is 0 Å². The molecule has 1 saturated heterocycles. The molecular weight excluding hydrogens is 368 g/mol. The van der Waals surface area contributed by atoms with E-state index in [1.807, 2.05) is 30.3 Å². The highest BCUT2D eigenvalue weighted by Crippen LogP contribution is 2.33. The third kappa shape index (κ3) is 4.70. The SMILES string of the molecule is COc1ccc(C(=O)N[C@H]2CCC(=O)N(c3ccccc3)C2)cc1OCC1CC1. The van der Waals surface area contributed by atoms with Crippen molar-refractivity contribution >= 4 is 17.5 Å². The molecule has 6 nitrogen and oxygen atoms in total. The zero-order chi connectivity index (χ0) is 20.2. The molecule has 0 radical (unpaired) electrons. The minimum absolute atomic E-state index is 0.0851. The maximum atomic E-state index is 12.8. The summed E-state index contributed by atoms with van der Waals surface area (Å²) in [5.41, 5.74) is 1.39. The lowest BCUT2D eigenvalue weighted by molar-refractivity contribution is -0.119. The normalized spacial score (nSPS) is 19.0. The Hall–Kier alpha value is -3.02. The first-order chi connectivity index (χ1) is 14.1. The van der Waals surface area contributed by atoms with Crippen LogP contribution < -0.4 is 19.7 Å². The van der Waals surface area contributed by atoms with Gasteiger partial charge in [-0.3, -0.25) is 9.59 Å². The highest BCUT2D eigenvalue weighted by atomic mass is 16.5. The Bertz CT molecular complexity index is 880. The number of para-hydroxylation sites is 1. The summed E-state index contributed by atoms with van der Waals surface area (Å²) in [7, 11) is 1.59. The molecule has 1 atom stereocenters. The minimum Gasteiger partial charge on any atom is -0.493 e. The Labute approximate surface area is 170 Å². The largest absolute Gasteiger partial charge is 0.493 e. The molecule has 0 bridgehead atoms. The van der Waals surface area contributed by atoms with E-state index in [4.69, 9.17) is 9.47 Å². The van der Waals surface area contributed by atoms with E-state index in [1.165, 1.54) is 12.8 Å². The second kappa shape index (κ2) is 8.55. The molecule has 4 rings (SSSR count). The van der Waals surface area contributed by atoms with Gasteiger partial charge in [-0.2, -0.15) is 0 Å². The molecular formula is C23H26N2O4.